The van der Waals surface area contributed by atoms with E-state index in [0.717, 1.165) is 12.1 Å². The average Bonchev–Trinajstić information content (AvgIpc) is 2.17. The molecule has 1 aromatic rings. The molecule has 1 atom stereocenters. The number of halogens is 1. The quantitative estimate of drug-likeness (QED) is 0.735. The first-order valence-corrected chi connectivity index (χ1v) is 4.63. The third-order valence-electron chi connectivity index (χ3n) is 1.96. The lowest BCUT2D eigenvalue weighted by atomic mass is 10.2. The first-order valence-electron chi connectivity index (χ1n) is 4.63. The molecule has 1 rings (SSSR count). The van der Waals surface area contributed by atoms with Crippen molar-refractivity contribution in [2.24, 2.45) is 0 Å². The number of pyridine rings is 1. The van der Waals surface area contributed by atoms with E-state index in [9.17, 15) is 4.39 Å². The fraction of sp³-hybridized carbons (Fsp3) is 0.500. The van der Waals surface area contributed by atoms with Crippen LogP contribution in [-0.4, -0.2) is 24.7 Å². The molecule has 4 heteroatoms. The molecule has 0 bridgehead atoms. The molecule has 0 saturated heterocycles. The average molecular weight is 198 g/mol. The zero-order valence-electron chi connectivity index (χ0n) is 8.46. The molecule has 1 N–H and O–H groups in total. The molecule has 14 heavy (non-hydrogen) atoms. The predicted molar refractivity (Wildman–Crippen MR) is 53.8 cm³/mol. The molecule has 0 saturated carbocycles. The van der Waals surface area contributed by atoms with Gasteiger partial charge in [0.25, 0.3) is 0 Å². The second-order valence-corrected chi connectivity index (χ2v) is 3.07. The van der Waals surface area contributed by atoms with Crippen LogP contribution in [-0.2, 0) is 4.74 Å². The van der Waals surface area contributed by atoms with Crippen LogP contribution in [0.15, 0.2) is 18.3 Å². The van der Waals surface area contributed by atoms with Gasteiger partial charge in [-0.15, -0.1) is 0 Å². The number of nitrogens with zero attached hydrogens (tertiary/aromatic N) is 1. The molecule has 0 fully saturated rings. The Balaban J connectivity index is 2.57. The summed E-state index contributed by atoms with van der Waals surface area (Å²) in [6.45, 7) is 2.66. The second kappa shape index (κ2) is 5.54. The van der Waals surface area contributed by atoms with Gasteiger partial charge in [0.05, 0.1) is 6.61 Å². The van der Waals surface area contributed by atoms with Gasteiger partial charge >= 0.3 is 0 Å². The lowest BCUT2D eigenvalue weighted by Gasteiger charge is -2.16. The molecule has 1 aromatic heterocycles. The molecule has 78 valence electrons. The summed E-state index contributed by atoms with van der Waals surface area (Å²) >= 11 is 0. The van der Waals surface area contributed by atoms with Crippen molar-refractivity contribution in [1.29, 1.82) is 0 Å². The van der Waals surface area contributed by atoms with Gasteiger partial charge in [-0.1, -0.05) is 6.92 Å². The molecular formula is C10H15FN2O. The van der Waals surface area contributed by atoms with E-state index in [1.54, 1.807) is 13.2 Å². The third kappa shape index (κ3) is 3.30. The minimum absolute atomic E-state index is 0.210. The summed E-state index contributed by atoms with van der Waals surface area (Å²) in [5.74, 6) is -0.470. The van der Waals surface area contributed by atoms with Gasteiger partial charge in [0, 0.05) is 31.1 Å². The minimum Gasteiger partial charge on any atom is -0.383 e. The van der Waals surface area contributed by atoms with Crippen LogP contribution < -0.4 is 5.32 Å². The van der Waals surface area contributed by atoms with E-state index in [1.165, 1.54) is 12.3 Å². The number of anilines is 1. The van der Waals surface area contributed by atoms with E-state index in [0.29, 0.717) is 6.61 Å². The summed E-state index contributed by atoms with van der Waals surface area (Å²) in [6.07, 6.45) is 2.37. The minimum atomic E-state index is -0.470. The van der Waals surface area contributed by atoms with Crippen LogP contribution in [0.4, 0.5) is 10.1 Å². The predicted octanol–water partition coefficient (Wildman–Crippen LogP) is 2.06. The monoisotopic (exact) mass is 198 g/mol. The SMILES string of the molecule is CCC(COC)Nc1ccnc(F)c1. The molecule has 0 aliphatic rings. The Morgan fingerprint density at radius 2 is 2.43 bits per heavy atom. The van der Waals surface area contributed by atoms with Gasteiger partial charge < -0.3 is 10.1 Å². The summed E-state index contributed by atoms with van der Waals surface area (Å²) in [5.41, 5.74) is 0.737. The maximum absolute atomic E-state index is 12.7. The first-order chi connectivity index (χ1) is 6.76. The smallest absolute Gasteiger partial charge is 0.214 e. The van der Waals surface area contributed by atoms with Crippen molar-refractivity contribution in [2.75, 3.05) is 19.0 Å². The van der Waals surface area contributed by atoms with Gasteiger partial charge in [-0.05, 0) is 12.5 Å². The van der Waals surface area contributed by atoms with Crippen LogP contribution in [0.25, 0.3) is 0 Å². The number of nitrogens with one attached hydrogen (secondary N) is 1. The van der Waals surface area contributed by atoms with Gasteiger partial charge in [0.1, 0.15) is 0 Å². The van der Waals surface area contributed by atoms with Crippen molar-refractivity contribution in [3.8, 4) is 0 Å². The van der Waals surface area contributed by atoms with E-state index >= 15 is 0 Å². The Labute approximate surface area is 83.3 Å². The van der Waals surface area contributed by atoms with Crippen molar-refractivity contribution in [1.82, 2.24) is 4.98 Å². The Morgan fingerprint density at radius 1 is 1.64 bits per heavy atom. The van der Waals surface area contributed by atoms with Crippen LogP contribution in [0.3, 0.4) is 0 Å². The number of ether oxygens (including phenoxy) is 1. The largest absolute Gasteiger partial charge is 0.383 e. The molecule has 0 radical (unpaired) electrons. The molecule has 3 nitrogen and oxygen atoms in total. The Hall–Kier alpha value is -1.16. The van der Waals surface area contributed by atoms with Crippen molar-refractivity contribution < 1.29 is 9.13 Å². The number of hydrogen-bond donors (Lipinski definition) is 1. The van der Waals surface area contributed by atoms with Crippen LogP contribution in [0, 0.1) is 5.95 Å². The highest BCUT2D eigenvalue weighted by atomic mass is 19.1. The van der Waals surface area contributed by atoms with Crippen molar-refractivity contribution in [3.05, 3.63) is 24.3 Å². The molecule has 0 aliphatic carbocycles. The normalized spacial score (nSPS) is 12.5. The molecular weight excluding hydrogens is 183 g/mol. The van der Waals surface area contributed by atoms with Crippen LogP contribution in [0.1, 0.15) is 13.3 Å². The molecule has 0 aliphatic heterocycles. The number of methoxy groups -OCH3 is 1. The van der Waals surface area contributed by atoms with Crippen LogP contribution in [0.5, 0.6) is 0 Å². The second-order valence-electron chi connectivity index (χ2n) is 3.07. The van der Waals surface area contributed by atoms with Gasteiger partial charge in [-0.3, -0.25) is 0 Å². The number of aromatic nitrogens is 1. The maximum Gasteiger partial charge on any atom is 0.214 e. The topological polar surface area (TPSA) is 34.1 Å². The van der Waals surface area contributed by atoms with Gasteiger partial charge in [-0.2, -0.15) is 4.39 Å². The summed E-state index contributed by atoms with van der Waals surface area (Å²) < 4.78 is 17.8. The summed E-state index contributed by atoms with van der Waals surface area (Å²) in [7, 11) is 1.65. The molecule has 0 aromatic carbocycles. The Bertz CT molecular complexity index is 281. The van der Waals surface area contributed by atoms with Crippen molar-refractivity contribution in [3.63, 3.8) is 0 Å². The van der Waals surface area contributed by atoms with Crippen molar-refractivity contribution in [2.45, 2.75) is 19.4 Å². The summed E-state index contributed by atoms with van der Waals surface area (Å²) in [4.78, 5) is 3.48. The highest BCUT2D eigenvalue weighted by Gasteiger charge is 2.05. The Kier molecular flexibility index (Phi) is 4.32. The zero-order valence-corrected chi connectivity index (χ0v) is 8.46. The molecule has 1 unspecified atom stereocenters. The van der Waals surface area contributed by atoms with Gasteiger partial charge in [-0.25, -0.2) is 4.98 Å². The Morgan fingerprint density at radius 3 is 3.00 bits per heavy atom. The summed E-state index contributed by atoms with van der Waals surface area (Å²) in [6, 6.07) is 3.32. The number of rotatable bonds is 5. The van der Waals surface area contributed by atoms with E-state index in [-0.39, 0.29) is 6.04 Å². The van der Waals surface area contributed by atoms with Gasteiger partial charge in [0.2, 0.25) is 5.95 Å². The fourth-order valence-electron chi connectivity index (χ4n) is 1.19. The third-order valence-corrected chi connectivity index (χ3v) is 1.96. The van der Waals surface area contributed by atoms with E-state index in [4.69, 9.17) is 4.74 Å². The van der Waals surface area contributed by atoms with Gasteiger partial charge in [0.15, 0.2) is 0 Å². The van der Waals surface area contributed by atoms with Crippen LogP contribution in [0.2, 0.25) is 0 Å². The number of hydrogen-bond acceptors (Lipinski definition) is 3. The lowest BCUT2D eigenvalue weighted by Crippen LogP contribution is -2.23. The molecule has 0 spiro atoms. The highest BCUT2D eigenvalue weighted by Crippen LogP contribution is 2.09. The van der Waals surface area contributed by atoms with Crippen molar-refractivity contribution >= 4 is 5.69 Å². The lowest BCUT2D eigenvalue weighted by molar-refractivity contribution is 0.184. The maximum atomic E-state index is 12.7. The first kappa shape index (κ1) is 10.9. The van der Waals surface area contributed by atoms with Crippen LogP contribution >= 0.6 is 0 Å². The fourth-order valence-corrected chi connectivity index (χ4v) is 1.19. The van der Waals surface area contributed by atoms with E-state index in [1.807, 2.05) is 6.92 Å². The van der Waals surface area contributed by atoms with E-state index < -0.39 is 5.95 Å². The molecule has 0 amide bonds. The zero-order chi connectivity index (χ0) is 10.4. The standard InChI is InChI=1S/C10H15FN2O/c1-3-8(7-14-2)13-9-4-5-12-10(11)6-9/h4-6,8H,3,7H2,1-2H3,(H,12,13). The highest BCUT2D eigenvalue weighted by molar-refractivity contribution is 5.42. The molecule has 1 heterocycles. The summed E-state index contributed by atoms with van der Waals surface area (Å²) in [5, 5.41) is 3.17. The van der Waals surface area contributed by atoms with E-state index in [2.05, 4.69) is 10.3 Å².